The Kier molecular flexibility index (Phi) is 3.39. The van der Waals surface area contributed by atoms with Crippen LogP contribution in [-0.4, -0.2) is 20.8 Å². The average Bonchev–Trinajstić information content (AvgIpc) is 3.16. The Labute approximate surface area is 142 Å². The van der Waals surface area contributed by atoms with Crippen LogP contribution in [0.1, 0.15) is 21.5 Å². The molecular formula is C18H14N4OS. The van der Waals surface area contributed by atoms with Gasteiger partial charge in [0.05, 0.1) is 16.1 Å². The number of nitrogens with two attached hydrogens (primary N) is 1. The van der Waals surface area contributed by atoms with Gasteiger partial charge in [-0.3, -0.25) is 4.79 Å². The highest BCUT2D eigenvalue weighted by atomic mass is 32.1. The molecule has 0 amide bonds. The fraction of sp³-hybridized carbons (Fsp3) is 0.0556. The Hall–Kier alpha value is -2.99. The zero-order chi connectivity index (χ0) is 16.7. The van der Waals surface area contributed by atoms with E-state index in [4.69, 9.17) is 5.73 Å². The maximum Gasteiger partial charge on any atom is 0.196 e. The molecule has 5 nitrogen and oxygen atoms in total. The summed E-state index contributed by atoms with van der Waals surface area (Å²) in [7, 11) is 0. The lowest BCUT2D eigenvalue weighted by molar-refractivity contribution is 0.103. The van der Waals surface area contributed by atoms with Crippen LogP contribution in [-0.2, 0) is 0 Å². The highest BCUT2D eigenvalue weighted by molar-refractivity contribution is 7.19. The van der Waals surface area contributed by atoms with E-state index in [0.717, 1.165) is 21.6 Å². The largest absolute Gasteiger partial charge is 0.390 e. The highest BCUT2D eigenvalue weighted by Gasteiger charge is 2.22. The van der Waals surface area contributed by atoms with E-state index in [1.807, 2.05) is 49.4 Å². The lowest BCUT2D eigenvalue weighted by Crippen LogP contribution is -2.05. The summed E-state index contributed by atoms with van der Waals surface area (Å²) in [5.74, 6) is -0.0717. The molecule has 118 valence electrons. The molecule has 0 radical (unpaired) electrons. The molecule has 0 unspecified atom stereocenters. The summed E-state index contributed by atoms with van der Waals surface area (Å²) in [6.45, 7) is 1.90. The number of nitrogen functional groups attached to an aromatic ring is 1. The van der Waals surface area contributed by atoms with Crippen molar-refractivity contribution in [2.24, 2.45) is 0 Å². The number of carbonyl (C=O) groups excluding carboxylic acids is 1. The molecule has 4 aromatic rings. The van der Waals surface area contributed by atoms with Crippen LogP contribution in [0.5, 0.6) is 0 Å². The van der Waals surface area contributed by atoms with E-state index in [2.05, 4.69) is 10.3 Å². The number of anilines is 1. The van der Waals surface area contributed by atoms with Crippen molar-refractivity contribution in [3.63, 3.8) is 0 Å². The third-order valence-corrected chi connectivity index (χ3v) is 5.05. The van der Waals surface area contributed by atoms with Crippen LogP contribution in [0.4, 0.5) is 5.00 Å². The normalized spacial score (nSPS) is 11.0. The number of thiophene rings is 1. The van der Waals surface area contributed by atoms with Gasteiger partial charge in [-0.15, -0.1) is 5.10 Å². The minimum absolute atomic E-state index is 0.0717. The topological polar surface area (TPSA) is 73.8 Å². The van der Waals surface area contributed by atoms with Crippen LogP contribution in [0.2, 0.25) is 0 Å². The summed E-state index contributed by atoms with van der Waals surface area (Å²) >= 11 is 1.35. The first-order chi connectivity index (χ1) is 11.7. The van der Waals surface area contributed by atoms with Gasteiger partial charge in [0, 0.05) is 5.56 Å². The van der Waals surface area contributed by atoms with Crippen molar-refractivity contribution < 1.29 is 4.79 Å². The Morgan fingerprint density at radius 3 is 2.58 bits per heavy atom. The quantitative estimate of drug-likeness (QED) is 0.581. The van der Waals surface area contributed by atoms with E-state index < -0.39 is 0 Å². The molecule has 0 bridgehead atoms. The third-order valence-electron chi connectivity index (χ3n) is 3.96. The Morgan fingerprint density at radius 1 is 1.08 bits per heavy atom. The first-order valence-electron chi connectivity index (χ1n) is 7.46. The van der Waals surface area contributed by atoms with Crippen molar-refractivity contribution in [2.75, 3.05) is 5.73 Å². The molecule has 0 saturated heterocycles. The number of fused-ring (bicyclic) bond motifs is 1. The molecule has 0 spiro atoms. The maximum atomic E-state index is 12.8. The molecule has 2 N–H and O–H groups in total. The summed E-state index contributed by atoms with van der Waals surface area (Å²) in [5.41, 5.74) is 9.85. The van der Waals surface area contributed by atoms with Crippen LogP contribution >= 0.6 is 11.3 Å². The number of rotatable bonds is 3. The van der Waals surface area contributed by atoms with E-state index in [1.54, 1.807) is 16.8 Å². The van der Waals surface area contributed by atoms with Crippen molar-refractivity contribution in [3.8, 4) is 5.00 Å². The molecule has 0 aliphatic carbocycles. The zero-order valence-electron chi connectivity index (χ0n) is 12.9. The first-order valence-corrected chi connectivity index (χ1v) is 8.28. The molecule has 0 aliphatic heterocycles. The molecule has 2 aromatic carbocycles. The smallest absolute Gasteiger partial charge is 0.196 e. The van der Waals surface area contributed by atoms with E-state index >= 15 is 0 Å². The second kappa shape index (κ2) is 5.58. The van der Waals surface area contributed by atoms with Crippen molar-refractivity contribution in [1.29, 1.82) is 0 Å². The zero-order valence-corrected chi connectivity index (χ0v) is 13.7. The minimum atomic E-state index is -0.0717. The molecule has 2 aromatic heterocycles. The van der Waals surface area contributed by atoms with E-state index in [1.165, 1.54) is 11.3 Å². The van der Waals surface area contributed by atoms with Crippen molar-refractivity contribution in [2.45, 2.75) is 6.92 Å². The van der Waals surface area contributed by atoms with Gasteiger partial charge in [0.1, 0.15) is 10.5 Å². The van der Waals surface area contributed by atoms with E-state index in [-0.39, 0.29) is 5.78 Å². The van der Waals surface area contributed by atoms with Gasteiger partial charge < -0.3 is 5.73 Å². The number of hydrogen-bond donors (Lipinski definition) is 1. The van der Waals surface area contributed by atoms with Gasteiger partial charge in [0.25, 0.3) is 0 Å². The predicted octanol–water partition coefficient (Wildman–Crippen LogP) is 3.60. The summed E-state index contributed by atoms with van der Waals surface area (Å²) in [6.07, 6.45) is 0. The van der Waals surface area contributed by atoms with E-state index in [0.29, 0.717) is 16.1 Å². The van der Waals surface area contributed by atoms with Gasteiger partial charge >= 0.3 is 0 Å². The first kappa shape index (κ1) is 14.6. The fourth-order valence-corrected chi connectivity index (χ4v) is 3.79. The van der Waals surface area contributed by atoms with Crippen LogP contribution in [0.3, 0.4) is 0 Å². The maximum absolute atomic E-state index is 12.8. The molecular weight excluding hydrogens is 320 g/mol. The monoisotopic (exact) mass is 334 g/mol. The second-order valence-corrected chi connectivity index (χ2v) is 6.49. The summed E-state index contributed by atoms with van der Waals surface area (Å²) in [4.78, 5) is 12.8. The lowest BCUT2D eigenvalue weighted by atomic mass is 10.0. The van der Waals surface area contributed by atoms with Crippen LogP contribution in [0, 0.1) is 6.92 Å². The van der Waals surface area contributed by atoms with Gasteiger partial charge in [-0.05, 0) is 24.6 Å². The predicted molar refractivity (Wildman–Crippen MR) is 95.8 cm³/mol. The number of aromatic nitrogens is 3. The van der Waals surface area contributed by atoms with Gasteiger partial charge in [0.15, 0.2) is 5.78 Å². The van der Waals surface area contributed by atoms with Gasteiger partial charge in [0.2, 0.25) is 0 Å². The number of carbonyl (C=O) groups is 1. The van der Waals surface area contributed by atoms with Crippen molar-refractivity contribution >= 4 is 33.2 Å². The van der Waals surface area contributed by atoms with Gasteiger partial charge in [-0.25, -0.2) is 4.68 Å². The number of benzene rings is 2. The molecule has 0 fully saturated rings. The lowest BCUT2D eigenvalue weighted by Gasteiger charge is -2.03. The van der Waals surface area contributed by atoms with Crippen LogP contribution < -0.4 is 5.73 Å². The Bertz CT molecular complexity index is 1050. The average molecular weight is 334 g/mol. The SMILES string of the molecule is Cc1c(-n2nnc3ccccc32)sc(N)c1C(=O)c1ccccc1. The molecule has 0 atom stereocenters. The molecule has 0 saturated carbocycles. The van der Waals surface area contributed by atoms with E-state index in [9.17, 15) is 4.79 Å². The summed E-state index contributed by atoms with van der Waals surface area (Å²) < 4.78 is 1.74. The Morgan fingerprint density at radius 2 is 1.79 bits per heavy atom. The fourth-order valence-electron chi connectivity index (χ4n) is 2.76. The third kappa shape index (κ3) is 2.19. The molecule has 24 heavy (non-hydrogen) atoms. The second-order valence-electron chi connectivity index (χ2n) is 5.46. The van der Waals surface area contributed by atoms with Crippen molar-refractivity contribution in [3.05, 3.63) is 71.3 Å². The minimum Gasteiger partial charge on any atom is -0.390 e. The van der Waals surface area contributed by atoms with Crippen molar-refractivity contribution in [1.82, 2.24) is 15.0 Å². The molecule has 0 aliphatic rings. The summed E-state index contributed by atoms with van der Waals surface area (Å²) in [6, 6.07) is 16.9. The molecule has 6 heteroatoms. The number of hydrogen-bond acceptors (Lipinski definition) is 5. The summed E-state index contributed by atoms with van der Waals surface area (Å²) in [5, 5.41) is 9.71. The standard InChI is InChI=1S/C18H14N4OS/c1-11-15(16(23)12-7-3-2-4-8-12)17(19)24-18(11)22-14-10-6-5-9-13(14)20-21-22/h2-10H,19H2,1H3. The van der Waals surface area contributed by atoms with Gasteiger partial charge in [-0.2, -0.15) is 0 Å². The molecule has 2 heterocycles. The number of nitrogens with zero attached hydrogens (tertiary/aromatic N) is 3. The van der Waals surface area contributed by atoms with Crippen LogP contribution in [0.25, 0.3) is 16.0 Å². The van der Waals surface area contributed by atoms with Gasteiger partial charge in [-0.1, -0.05) is 59.0 Å². The number of para-hydroxylation sites is 1. The highest BCUT2D eigenvalue weighted by Crippen LogP contribution is 2.35. The Balaban J connectivity index is 1.87. The molecule has 4 rings (SSSR count). The van der Waals surface area contributed by atoms with Crippen LogP contribution in [0.15, 0.2) is 54.6 Å². The number of ketones is 1.